The van der Waals surface area contributed by atoms with Gasteiger partial charge in [-0.15, -0.1) is 0 Å². The quantitative estimate of drug-likeness (QED) is 0.456. The molecule has 152 valence electrons. The van der Waals surface area contributed by atoms with Crippen LogP contribution in [-0.2, 0) is 5.72 Å². The second-order valence-corrected chi connectivity index (χ2v) is 7.91. The SMILES string of the molecule is CC1=CC2(Nc3cc(-c4ccccc4)ccc3O2)c2c(C)nn(-c3ccccc3)c2O1. The van der Waals surface area contributed by atoms with Crippen LogP contribution in [0.4, 0.5) is 5.69 Å². The van der Waals surface area contributed by atoms with Crippen LogP contribution in [0.25, 0.3) is 16.8 Å². The Hall–Kier alpha value is -3.99. The fourth-order valence-corrected chi connectivity index (χ4v) is 4.42. The predicted octanol–water partition coefficient (Wildman–Crippen LogP) is 5.80. The molecule has 0 saturated carbocycles. The van der Waals surface area contributed by atoms with E-state index in [1.807, 2.05) is 79.2 Å². The highest BCUT2D eigenvalue weighted by atomic mass is 16.5. The smallest absolute Gasteiger partial charge is 0.237 e. The second-order valence-electron chi connectivity index (χ2n) is 7.91. The number of anilines is 1. The molecule has 1 N–H and O–H groups in total. The molecule has 2 aliphatic heterocycles. The van der Waals surface area contributed by atoms with Crippen molar-refractivity contribution in [1.82, 2.24) is 9.78 Å². The van der Waals surface area contributed by atoms with Crippen LogP contribution in [-0.4, -0.2) is 9.78 Å². The van der Waals surface area contributed by atoms with Crippen molar-refractivity contribution in [3.05, 3.63) is 102 Å². The summed E-state index contributed by atoms with van der Waals surface area (Å²) < 4.78 is 14.5. The molecule has 0 amide bonds. The Bertz CT molecular complexity index is 1330. The highest BCUT2D eigenvalue weighted by molar-refractivity contribution is 5.75. The molecule has 0 radical (unpaired) electrons. The number of aryl methyl sites for hydroxylation is 1. The van der Waals surface area contributed by atoms with Crippen LogP contribution in [0.2, 0.25) is 0 Å². The number of fused-ring (bicyclic) bond motifs is 3. The third-order valence-corrected chi connectivity index (χ3v) is 5.73. The van der Waals surface area contributed by atoms with Crippen molar-refractivity contribution in [2.45, 2.75) is 19.6 Å². The Morgan fingerprint density at radius 2 is 1.61 bits per heavy atom. The minimum atomic E-state index is -0.855. The van der Waals surface area contributed by atoms with Gasteiger partial charge in [-0.05, 0) is 49.2 Å². The molecule has 5 nitrogen and oxygen atoms in total. The van der Waals surface area contributed by atoms with Crippen LogP contribution in [0.1, 0.15) is 18.2 Å². The predicted molar refractivity (Wildman–Crippen MR) is 120 cm³/mol. The van der Waals surface area contributed by atoms with Gasteiger partial charge in [0.25, 0.3) is 0 Å². The van der Waals surface area contributed by atoms with Gasteiger partial charge >= 0.3 is 0 Å². The summed E-state index contributed by atoms with van der Waals surface area (Å²) in [6.45, 7) is 3.92. The van der Waals surface area contributed by atoms with Crippen molar-refractivity contribution >= 4 is 5.69 Å². The first kappa shape index (κ1) is 17.8. The van der Waals surface area contributed by atoms with Crippen molar-refractivity contribution in [3.8, 4) is 28.4 Å². The molecule has 5 heteroatoms. The van der Waals surface area contributed by atoms with E-state index < -0.39 is 5.72 Å². The zero-order valence-electron chi connectivity index (χ0n) is 17.3. The first-order valence-electron chi connectivity index (χ1n) is 10.3. The van der Waals surface area contributed by atoms with Crippen molar-refractivity contribution in [2.75, 3.05) is 5.32 Å². The molecular weight excluding hydrogens is 386 g/mol. The summed E-state index contributed by atoms with van der Waals surface area (Å²) in [6.07, 6.45) is 1.99. The number of ether oxygens (including phenoxy) is 2. The summed E-state index contributed by atoms with van der Waals surface area (Å²) >= 11 is 0. The highest BCUT2D eigenvalue weighted by Crippen LogP contribution is 2.50. The summed E-state index contributed by atoms with van der Waals surface area (Å²) in [7, 11) is 0. The lowest BCUT2D eigenvalue weighted by atomic mass is 10.00. The Labute approximate surface area is 180 Å². The van der Waals surface area contributed by atoms with Crippen LogP contribution < -0.4 is 14.8 Å². The zero-order chi connectivity index (χ0) is 21.0. The van der Waals surface area contributed by atoms with Gasteiger partial charge in [-0.1, -0.05) is 54.6 Å². The van der Waals surface area contributed by atoms with Gasteiger partial charge in [0.15, 0.2) is 0 Å². The molecule has 31 heavy (non-hydrogen) atoms. The lowest BCUT2D eigenvalue weighted by Crippen LogP contribution is -2.38. The number of allylic oxidation sites excluding steroid dienone is 1. The van der Waals surface area contributed by atoms with Gasteiger partial charge in [-0.25, -0.2) is 4.68 Å². The number of para-hydroxylation sites is 1. The molecule has 4 aromatic rings. The van der Waals surface area contributed by atoms with E-state index in [4.69, 9.17) is 14.6 Å². The number of nitrogens with zero attached hydrogens (tertiary/aromatic N) is 2. The van der Waals surface area contributed by atoms with Crippen LogP contribution in [0.15, 0.2) is 90.7 Å². The van der Waals surface area contributed by atoms with Crippen LogP contribution >= 0.6 is 0 Å². The second kappa shape index (κ2) is 6.51. The van der Waals surface area contributed by atoms with E-state index in [0.29, 0.717) is 5.88 Å². The van der Waals surface area contributed by atoms with Crippen molar-refractivity contribution < 1.29 is 9.47 Å². The standard InChI is InChI=1S/C26H21N3O2/c1-17-16-26(24-18(2)28-29(25(24)30-17)21-11-7-4-8-12-21)27-22-15-20(13-14-23(22)31-26)19-9-5-3-6-10-19/h3-16,27H,1-2H3. The summed E-state index contributed by atoms with van der Waals surface area (Å²) in [5.41, 5.74) is 5.08. The zero-order valence-corrected chi connectivity index (χ0v) is 17.3. The van der Waals surface area contributed by atoms with Gasteiger partial charge in [-0.2, -0.15) is 5.10 Å². The van der Waals surface area contributed by atoms with Gasteiger partial charge in [0, 0.05) is 6.08 Å². The molecule has 1 aromatic heterocycles. The van der Waals surface area contributed by atoms with E-state index in [9.17, 15) is 0 Å². The molecule has 1 unspecified atom stereocenters. The lowest BCUT2D eigenvalue weighted by Gasteiger charge is -2.31. The Morgan fingerprint density at radius 3 is 2.39 bits per heavy atom. The molecule has 0 fully saturated rings. The van der Waals surface area contributed by atoms with Crippen LogP contribution in [0, 0.1) is 6.92 Å². The van der Waals surface area contributed by atoms with Crippen molar-refractivity contribution in [2.24, 2.45) is 0 Å². The number of hydrogen-bond acceptors (Lipinski definition) is 4. The number of hydrogen-bond donors (Lipinski definition) is 1. The van der Waals surface area contributed by atoms with E-state index in [1.165, 1.54) is 5.56 Å². The molecular formula is C26H21N3O2. The molecule has 6 rings (SSSR count). The maximum absolute atomic E-state index is 6.53. The molecule has 1 atom stereocenters. The van der Waals surface area contributed by atoms with Crippen LogP contribution in [0.5, 0.6) is 11.6 Å². The number of rotatable bonds is 2. The normalized spacial score (nSPS) is 18.5. The fourth-order valence-electron chi connectivity index (χ4n) is 4.42. The average Bonchev–Trinajstić information content (AvgIpc) is 3.31. The van der Waals surface area contributed by atoms with Gasteiger partial charge in [-0.3, -0.25) is 0 Å². The number of aromatic nitrogens is 2. The lowest BCUT2D eigenvalue weighted by molar-refractivity contribution is 0.153. The summed E-state index contributed by atoms with van der Waals surface area (Å²) in [5, 5.41) is 8.40. The Morgan fingerprint density at radius 1 is 0.871 bits per heavy atom. The molecule has 0 aliphatic carbocycles. The number of benzene rings is 3. The molecule has 0 saturated heterocycles. The van der Waals surface area contributed by atoms with E-state index in [-0.39, 0.29) is 0 Å². The van der Waals surface area contributed by atoms with Crippen molar-refractivity contribution in [3.63, 3.8) is 0 Å². The van der Waals surface area contributed by atoms with Crippen LogP contribution in [0.3, 0.4) is 0 Å². The topological polar surface area (TPSA) is 48.3 Å². The van der Waals surface area contributed by atoms with Gasteiger partial charge in [0.05, 0.1) is 17.1 Å². The monoisotopic (exact) mass is 407 g/mol. The summed E-state index contributed by atoms with van der Waals surface area (Å²) in [5.74, 6) is 2.24. The molecule has 3 aromatic carbocycles. The maximum atomic E-state index is 6.53. The van der Waals surface area contributed by atoms with Gasteiger partial charge in [0.1, 0.15) is 17.1 Å². The minimum absolute atomic E-state index is 0.673. The molecule has 0 bridgehead atoms. The van der Waals surface area contributed by atoms with E-state index in [2.05, 4.69) is 29.6 Å². The van der Waals surface area contributed by atoms with E-state index in [0.717, 1.165) is 39.7 Å². The third-order valence-electron chi connectivity index (χ3n) is 5.73. The number of nitrogens with one attached hydrogen (secondary N) is 1. The fraction of sp³-hybridized carbons (Fsp3) is 0.115. The van der Waals surface area contributed by atoms with E-state index in [1.54, 1.807) is 0 Å². The molecule has 2 aliphatic rings. The third kappa shape index (κ3) is 2.74. The maximum Gasteiger partial charge on any atom is 0.237 e. The average molecular weight is 407 g/mol. The molecule has 1 spiro atoms. The highest BCUT2D eigenvalue weighted by Gasteiger charge is 2.47. The first-order chi connectivity index (χ1) is 15.1. The first-order valence-corrected chi connectivity index (χ1v) is 10.3. The van der Waals surface area contributed by atoms with E-state index >= 15 is 0 Å². The van der Waals surface area contributed by atoms with Gasteiger partial charge < -0.3 is 14.8 Å². The Kier molecular flexibility index (Phi) is 3.74. The summed E-state index contributed by atoms with van der Waals surface area (Å²) in [6, 6.07) is 26.6. The van der Waals surface area contributed by atoms with Crippen molar-refractivity contribution in [1.29, 1.82) is 0 Å². The minimum Gasteiger partial charge on any atom is -0.458 e. The summed E-state index contributed by atoms with van der Waals surface area (Å²) in [4.78, 5) is 0. The largest absolute Gasteiger partial charge is 0.458 e. The molecule has 3 heterocycles. The van der Waals surface area contributed by atoms with Gasteiger partial charge in [0.2, 0.25) is 11.6 Å². The Balaban J connectivity index is 1.46.